The van der Waals surface area contributed by atoms with Crippen LogP contribution in [0.4, 0.5) is 0 Å². The van der Waals surface area contributed by atoms with E-state index in [9.17, 15) is 9.59 Å². The van der Waals surface area contributed by atoms with Gasteiger partial charge in [-0.3, -0.25) is 4.79 Å². The number of benzene rings is 2. The summed E-state index contributed by atoms with van der Waals surface area (Å²) in [4.78, 5) is 24.1. The smallest absolute Gasteiger partial charge is 0.341 e. The van der Waals surface area contributed by atoms with E-state index in [1.54, 1.807) is 25.1 Å². The molecule has 2 rings (SSSR count). The molecule has 6 nitrogen and oxygen atoms in total. The third-order valence-electron chi connectivity index (χ3n) is 3.81. The summed E-state index contributed by atoms with van der Waals surface area (Å²) in [6.45, 7) is 3.90. The minimum atomic E-state index is -0.643. The van der Waals surface area contributed by atoms with Crippen molar-refractivity contribution in [3.63, 3.8) is 0 Å². The Morgan fingerprint density at radius 2 is 1.88 bits per heavy atom. The number of amides is 1. The topological polar surface area (TPSA) is 73.9 Å². The highest BCUT2D eigenvalue weighted by Crippen LogP contribution is 2.21. The Bertz CT molecular complexity index is 788. The largest absolute Gasteiger partial charge is 0.496 e. The van der Waals surface area contributed by atoms with Crippen molar-refractivity contribution in [3.8, 4) is 11.5 Å². The van der Waals surface area contributed by atoms with Crippen molar-refractivity contribution in [3.05, 3.63) is 59.2 Å². The monoisotopic (exact) mass is 357 g/mol. The maximum atomic E-state index is 12.3. The fraction of sp³-hybridized carbons (Fsp3) is 0.300. The van der Waals surface area contributed by atoms with E-state index in [0.717, 1.165) is 11.1 Å². The van der Waals surface area contributed by atoms with Crippen LogP contribution >= 0.6 is 0 Å². The molecular weight excluding hydrogens is 334 g/mol. The normalized spacial score (nSPS) is 11.4. The average molecular weight is 357 g/mol. The highest BCUT2D eigenvalue weighted by molar-refractivity contribution is 5.92. The molecule has 2 aromatic rings. The molecule has 138 valence electrons. The van der Waals surface area contributed by atoms with Crippen LogP contribution in [0.5, 0.6) is 11.5 Å². The quantitative estimate of drug-likeness (QED) is 0.772. The number of esters is 1. The van der Waals surface area contributed by atoms with Crippen molar-refractivity contribution in [2.45, 2.75) is 26.5 Å². The van der Waals surface area contributed by atoms with Crippen molar-refractivity contribution in [1.29, 1.82) is 0 Å². The van der Waals surface area contributed by atoms with Crippen LogP contribution in [-0.2, 0) is 16.1 Å². The van der Waals surface area contributed by atoms with Crippen molar-refractivity contribution < 1.29 is 23.8 Å². The van der Waals surface area contributed by atoms with E-state index in [0.29, 0.717) is 17.1 Å². The van der Waals surface area contributed by atoms with Crippen LogP contribution in [0.3, 0.4) is 0 Å². The predicted molar refractivity (Wildman–Crippen MR) is 97.4 cm³/mol. The van der Waals surface area contributed by atoms with E-state index in [1.807, 2.05) is 31.2 Å². The van der Waals surface area contributed by atoms with Crippen molar-refractivity contribution in [2.75, 3.05) is 14.2 Å². The van der Waals surface area contributed by atoms with Gasteiger partial charge >= 0.3 is 5.97 Å². The molecule has 26 heavy (non-hydrogen) atoms. The number of aryl methyl sites for hydroxylation is 1. The number of rotatable bonds is 7. The van der Waals surface area contributed by atoms with Gasteiger partial charge in [0.25, 0.3) is 5.91 Å². The standard InChI is InChI=1S/C20H23NO5/c1-13-6-5-7-16(10-13)26-14(2)19(22)21-12-15-8-9-18(24-3)17(11-15)20(23)25-4/h5-11,14H,12H2,1-4H3,(H,21,22). The lowest BCUT2D eigenvalue weighted by Crippen LogP contribution is -2.35. The molecule has 2 aromatic carbocycles. The van der Waals surface area contributed by atoms with Gasteiger partial charge in [-0.25, -0.2) is 4.79 Å². The fourth-order valence-corrected chi connectivity index (χ4v) is 2.41. The van der Waals surface area contributed by atoms with Crippen molar-refractivity contribution >= 4 is 11.9 Å². The van der Waals surface area contributed by atoms with Crippen LogP contribution in [0.1, 0.15) is 28.4 Å². The Morgan fingerprint density at radius 1 is 1.12 bits per heavy atom. The zero-order valence-corrected chi connectivity index (χ0v) is 15.4. The summed E-state index contributed by atoms with van der Waals surface area (Å²) in [5, 5.41) is 2.80. The summed E-state index contributed by atoms with van der Waals surface area (Å²) in [6.07, 6.45) is -0.643. The van der Waals surface area contributed by atoms with E-state index < -0.39 is 12.1 Å². The second kappa shape index (κ2) is 8.89. The van der Waals surface area contributed by atoms with Gasteiger partial charge in [0, 0.05) is 6.54 Å². The molecule has 1 amide bonds. The summed E-state index contributed by atoms with van der Waals surface area (Å²) in [7, 11) is 2.79. The molecule has 6 heteroatoms. The summed E-state index contributed by atoms with van der Waals surface area (Å²) in [5.74, 6) is 0.321. The SMILES string of the molecule is COC(=O)c1cc(CNC(=O)C(C)Oc2cccc(C)c2)ccc1OC. The maximum absolute atomic E-state index is 12.3. The Balaban J connectivity index is 1.99. The second-order valence-corrected chi connectivity index (χ2v) is 5.82. The molecule has 0 spiro atoms. The second-order valence-electron chi connectivity index (χ2n) is 5.82. The molecule has 1 unspecified atom stereocenters. The minimum absolute atomic E-state index is 0.248. The zero-order valence-electron chi connectivity index (χ0n) is 15.4. The number of nitrogens with one attached hydrogen (secondary N) is 1. The molecule has 1 N–H and O–H groups in total. The number of methoxy groups -OCH3 is 2. The van der Waals surface area contributed by atoms with Gasteiger partial charge in [0.05, 0.1) is 14.2 Å². The fourth-order valence-electron chi connectivity index (χ4n) is 2.41. The number of ether oxygens (including phenoxy) is 3. The van der Waals surface area contributed by atoms with Crippen molar-refractivity contribution in [1.82, 2.24) is 5.32 Å². The lowest BCUT2D eigenvalue weighted by molar-refractivity contribution is -0.127. The molecule has 0 saturated carbocycles. The van der Waals surface area contributed by atoms with Crippen LogP contribution in [-0.4, -0.2) is 32.2 Å². The van der Waals surface area contributed by atoms with Gasteiger partial charge in [-0.05, 0) is 49.2 Å². The van der Waals surface area contributed by atoms with E-state index in [-0.39, 0.29) is 12.5 Å². The Labute approximate surface area is 153 Å². The Hall–Kier alpha value is -3.02. The summed E-state index contributed by atoms with van der Waals surface area (Å²) >= 11 is 0. The first-order valence-corrected chi connectivity index (χ1v) is 8.21. The van der Waals surface area contributed by atoms with Gasteiger partial charge in [-0.15, -0.1) is 0 Å². The summed E-state index contributed by atoms with van der Waals surface area (Å²) < 4.78 is 15.6. The lowest BCUT2D eigenvalue weighted by atomic mass is 10.1. The molecular formula is C20H23NO5. The van der Waals surface area contributed by atoms with Gasteiger partial charge in [-0.2, -0.15) is 0 Å². The van der Waals surface area contributed by atoms with Gasteiger partial charge in [0.2, 0.25) is 0 Å². The summed E-state index contributed by atoms with van der Waals surface area (Å²) in [6, 6.07) is 12.6. The van der Waals surface area contributed by atoms with Crippen LogP contribution in [0, 0.1) is 6.92 Å². The average Bonchev–Trinajstić information content (AvgIpc) is 2.65. The Morgan fingerprint density at radius 3 is 2.54 bits per heavy atom. The predicted octanol–water partition coefficient (Wildman–Crippen LogP) is 2.87. The van der Waals surface area contributed by atoms with Gasteiger partial charge < -0.3 is 19.5 Å². The minimum Gasteiger partial charge on any atom is -0.496 e. The first kappa shape index (κ1) is 19.3. The molecule has 0 saturated heterocycles. The van der Waals surface area contributed by atoms with Gasteiger partial charge in [-0.1, -0.05) is 18.2 Å². The maximum Gasteiger partial charge on any atom is 0.341 e. The number of carbonyl (C=O) groups is 2. The van der Waals surface area contributed by atoms with E-state index >= 15 is 0 Å². The third-order valence-corrected chi connectivity index (χ3v) is 3.81. The number of carbonyl (C=O) groups excluding carboxylic acids is 2. The first-order chi connectivity index (χ1) is 12.4. The van der Waals surface area contributed by atoms with Crippen LogP contribution < -0.4 is 14.8 Å². The summed E-state index contributed by atoms with van der Waals surface area (Å²) in [5.41, 5.74) is 2.12. The Kier molecular flexibility index (Phi) is 6.60. The van der Waals surface area contributed by atoms with Gasteiger partial charge in [0.1, 0.15) is 17.1 Å². The highest BCUT2D eigenvalue weighted by Gasteiger charge is 2.16. The molecule has 0 aliphatic carbocycles. The third kappa shape index (κ3) is 4.99. The van der Waals surface area contributed by atoms with Crippen LogP contribution in [0.25, 0.3) is 0 Å². The van der Waals surface area contributed by atoms with Gasteiger partial charge in [0.15, 0.2) is 6.10 Å². The van der Waals surface area contributed by atoms with E-state index in [4.69, 9.17) is 14.2 Å². The van der Waals surface area contributed by atoms with E-state index in [2.05, 4.69) is 5.32 Å². The molecule has 0 bridgehead atoms. The molecule has 0 heterocycles. The van der Waals surface area contributed by atoms with E-state index in [1.165, 1.54) is 14.2 Å². The van der Waals surface area contributed by atoms with Crippen molar-refractivity contribution in [2.24, 2.45) is 0 Å². The zero-order chi connectivity index (χ0) is 19.1. The molecule has 1 atom stereocenters. The molecule has 0 aliphatic rings. The number of hydrogen-bond acceptors (Lipinski definition) is 5. The van der Waals surface area contributed by atoms with Crippen LogP contribution in [0.2, 0.25) is 0 Å². The first-order valence-electron chi connectivity index (χ1n) is 8.21. The molecule has 0 radical (unpaired) electrons. The lowest BCUT2D eigenvalue weighted by Gasteiger charge is -2.15. The van der Waals surface area contributed by atoms with Crippen LogP contribution in [0.15, 0.2) is 42.5 Å². The number of hydrogen-bond donors (Lipinski definition) is 1. The highest BCUT2D eigenvalue weighted by atomic mass is 16.5. The molecule has 0 aromatic heterocycles. The molecule has 0 aliphatic heterocycles. The molecule has 0 fully saturated rings.